The highest BCUT2D eigenvalue weighted by Crippen LogP contribution is 2.28. The summed E-state index contributed by atoms with van der Waals surface area (Å²) in [6.07, 6.45) is 4.72. The lowest BCUT2D eigenvalue weighted by Crippen LogP contribution is -2.22. The molecule has 4 heteroatoms. The van der Waals surface area contributed by atoms with Crippen molar-refractivity contribution in [1.29, 1.82) is 0 Å². The highest BCUT2D eigenvalue weighted by atomic mass is 16.5. The Morgan fingerprint density at radius 3 is 2.48 bits per heavy atom. The molecule has 0 atom stereocenters. The van der Waals surface area contributed by atoms with Gasteiger partial charge in [0.25, 0.3) is 0 Å². The lowest BCUT2D eigenvalue weighted by Gasteiger charge is -2.18. The van der Waals surface area contributed by atoms with Crippen LogP contribution in [0.3, 0.4) is 0 Å². The molecule has 2 aliphatic rings. The van der Waals surface area contributed by atoms with Crippen molar-refractivity contribution in [3.8, 4) is 5.75 Å². The molecule has 21 heavy (non-hydrogen) atoms. The molecular weight excluding hydrogens is 264 g/mol. The van der Waals surface area contributed by atoms with Crippen molar-refractivity contribution < 1.29 is 9.53 Å². The average molecular weight is 284 g/mol. The van der Waals surface area contributed by atoms with Gasteiger partial charge in [-0.2, -0.15) is 0 Å². The lowest BCUT2D eigenvalue weighted by atomic mass is 9.87. The van der Waals surface area contributed by atoms with Crippen LogP contribution in [0.4, 0.5) is 0 Å². The fourth-order valence-electron chi connectivity index (χ4n) is 2.80. The van der Waals surface area contributed by atoms with Gasteiger partial charge in [0.05, 0.1) is 7.11 Å². The Morgan fingerprint density at radius 1 is 1.10 bits per heavy atom. The van der Waals surface area contributed by atoms with Gasteiger partial charge in [0.2, 0.25) is 0 Å². The summed E-state index contributed by atoms with van der Waals surface area (Å²) >= 11 is 0. The van der Waals surface area contributed by atoms with Gasteiger partial charge in [-0.3, -0.25) is 4.79 Å². The number of benzene rings is 1. The zero-order valence-corrected chi connectivity index (χ0v) is 12.2. The van der Waals surface area contributed by atoms with E-state index in [2.05, 4.69) is 10.6 Å². The maximum absolute atomic E-state index is 12.6. The first-order valence-electron chi connectivity index (χ1n) is 7.38. The van der Waals surface area contributed by atoms with Gasteiger partial charge in [-0.15, -0.1) is 0 Å². The number of hydrogen-bond acceptors (Lipinski definition) is 4. The minimum atomic E-state index is 0.175. The number of methoxy groups -OCH3 is 1. The summed E-state index contributed by atoms with van der Waals surface area (Å²) in [6, 6.07) is 7.79. The zero-order valence-electron chi connectivity index (χ0n) is 12.2. The molecule has 2 N–H and O–H groups in total. The Morgan fingerprint density at radius 2 is 1.81 bits per heavy atom. The number of carbonyl (C=O) groups is 1. The van der Waals surface area contributed by atoms with E-state index in [1.165, 1.54) is 0 Å². The third-order valence-corrected chi connectivity index (χ3v) is 3.93. The Balaban J connectivity index is 1.85. The monoisotopic (exact) mass is 284 g/mol. The third-order valence-electron chi connectivity index (χ3n) is 3.93. The van der Waals surface area contributed by atoms with Crippen molar-refractivity contribution in [1.82, 2.24) is 10.6 Å². The molecule has 2 fully saturated rings. The molecular formula is C17H20N2O2. The number of allylic oxidation sites excluding steroid dienone is 2. The van der Waals surface area contributed by atoms with Gasteiger partial charge in [0, 0.05) is 24.2 Å². The molecule has 0 spiro atoms. The largest absolute Gasteiger partial charge is 0.497 e. The number of carbonyl (C=O) groups excluding carboxylic acids is 1. The normalized spacial score (nSPS) is 20.4. The number of Topliss-reactive ketones (excluding diaryl/α,β-unsaturated/α-hetero) is 1. The summed E-state index contributed by atoms with van der Waals surface area (Å²) in [4.78, 5) is 12.6. The van der Waals surface area contributed by atoms with E-state index in [1.54, 1.807) is 7.11 Å². The van der Waals surface area contributed by atoms with Crippen molar-refractivity contribution >= 4 is 11.9 Å². The Bertz CT molecular complexity index is 592. The molecule has 3 rings (SSSR count). The molecule has 110 valence electrons. The minimum absolute atomic E-state index is 0.175. The van der Waals surface area contributed by atoms with Crippen LogP contribution in [0.25, 0.3) is 6.08 Å². The molecule has 1 aliphatic carbocycles. The summed E-state index contributed by atoms with van der Waals surface area (Å²) in [5.74, 6) is 1.93. The van der Waals surface area contributed by atoms with E-state index in [9.17, 15) is 4.79 Å². The lowest BCUT2D eigenvalue weighted by molar-refractivity contribution is -0.113. The van der Waals surface area contributed by atoms with Crippen LogP contribution < -0.4 is 15.4 Å². The second-order valence-corrected chi connectivity index (χ2v) is 5.33. The molecule has 1 aliphatic heterocycles. The SMILES string of the molecule is COc1ccc(/C=C2\CCCC(=C3NCCN3)C2=O)cc1. The van der Waals surface area contributed by atoms with Crippen LogP contribution in [0.15, 0.2) is 41.2 Å². The topological polar surface area (TPSA) is 50.4 Å². The van der Waals surface area contributed by atoms with Crippen LogP contribution in [-0.4, -0.2) is 26.0 Å². The molecule has 0 amide bonds. The van der Waals surface area contributed by atoms with Crippen molar-refractivity contribution in [2.24, 2.45) is 0 Å². The predicted molar refractivity (Wildman–Crippen MR) is 82.9 cm³/mol. The van der Waals surface area contributed by atoms with E-state index in [1.807, 2.05) is 30.3 Å². The molecule has 0 bridgehead atoms. The molecule has 0 aromatic heterocycles. The van der Waals surface area contributed by atoms with E-state index in [0.717, 1.165) is 60.6 Å². The summed E-state index contributed by atoms with van der Waals surface area (Å²) in [5, 5.41) is 6.52. The maximum Gasteiger partial charge on any atom is 0.188 e. The van der Waals surface area contributed by atoms with Crippen molar-refractivity contribution in [2.75, 3.05) is 20.2 Å². The van der Waals surface area contributed by atoms with Crippen molar-refractivity contribution in [3.63, 3.8) is 0 Å². The quantitative estimate of drug-likeness (QED) is 0.818. The molecule has 1 aromatic rings. The summed E-state index contributed by atoms with van der Waals surface area (Å²) in [5.41, 5.74) is 2.83. The van der Waals surface area contributed by atoms with Gasteiger partial charge >= 0.3 is 0 Å². The first kappa shape index (κ1) is 13.7. The predicted octanol–water partition coefficient (Wildman–Crippen LogP) is 2.24. The van der Waals surface area contributed by atoms with Crippen LogP contribution in [0.5, 0.6) is 5.75 Å². The molecule has 0 unspecified atom stereocenters. The average Bonchev–Trinajstić information content (AvgIpc) is 3.04. The summed E-state index contributed by atoms with van der Waals surface area (Å²) in [6.45, 7) is 1.79. The van der Waals surface area contributed by atoms with Crippen LogP contribution >= 0.6 is 0 Å². The molecule has 0 radical (unpaired) electrons. The van der Waals surface area contributed by atoms with E-state index < -0.39 is 0 Å². The van der Waals surface area contributed by atoms with Crippen molar-refractivity contribution in [2.45, 2.75) is 19.3 Å². The number of hydrogen-bond donors (Lipinski definition) is 2. The van der Waals surface area contributed by atoms with E-state index >= 15 is 0 Å². The second-order valence-electron chi connectivity index (χ2n) is 5.33. The number of ether oxygens (including phenoxy) is 1. The summed E-state index contributed by atoms with van der Waals surface area (Å²) < 4.78 is 5.15. The number of nitrogens with one attached hydrogen (secondary N) is 2. The van der Waals surface area contributed by atoms with Gasteiger partial charge in [-0.1, -0.05) is 12.1 Å². The standard InChI is InChI=1S/C17H20N2O2/c1-21-14-7-5-12(6-8-14)11-13-3-2-4-15(16(13)20)17-18-9-10-19-17/h5-8,11,18-19H,2-4,9-10H2,1H3/b13-11+. The van der Waals surface area contributed by atoms with Gasteiger partial charge in [0.1, 0.15) is 11.6 Å². The van der Waals surface area contributed by atoms with Crippen LogP contribution in [0, 0.1) is 0 Å². The molecule has 1 heterocycles. The zero-order chi connectivity index (χ0) is 14.7. The summed E-state index contributed by atoms with van der Waals surface area (Å²) in [7, 11) is 1.65. The molecule has 4 nitrogen and oxygen atoms in total. The minimum Gasteiger partial charge on any atom is -0.497 e. The smallest absolute Gasteiger partial charge is 0.188 e. The van der Waals surface area contributed by atoms with Crippen LogP contribution in [0.2, 0.25) is 0 Å². The van der Waals surface area contributed by atoms with Crippen LogP contribution in [0.1, 0.15) is 24.8 Å². The van der Waals surface area contributed by atoms with Gasteiger partial charge < -0.3 is 15.4 Å². The third kappa shape index (κ3) is 2.94. The fourth-order valence-corrected chi connectivity index (χ4v) is 2.80. The maximum atomic E-state index is 12.6. The molecule has 1 saturated heterocycles. The Hall–Kier alpha value is -2.23. The molecule has 1 saturated carbocycles. The fraction of sp³-hybridized carbons (Fsp3) is 0.353. The Labute approximate surface area is 124 Å². The van der Waals surface area contributed by atoms with Gasteiger partial charge in [0.15, 0.2) is 5.78 Å². The molecule has 1 aromatic carbocycles. The van der Waals surface area contributed by atoms with Gasteiger partial charge in [-0.05, 0) is 43.0 Å². The van der Waals surface area contributed by atoms with Crippen LogP contribution in [-0.2, 0) is 4.79 Å². The van der Waals surface area contributed by atoms with E-state index in [-0.39, 0.29) is 5.78 Å². The van der Waals surface area contributed by atoms with E-state index in [0.29, 0.717) is 0 Å². The Kier molecular flexibility index (Phi) is 3.95. The van der Waals surface area contributed by atoms with Gasteiger partial charge in [-0.25, -0.2) is 0 Å². The van der Waals surface area contributed by atoms with Crippen molar-refractivity contribution in [3.05, 3.63) is 46.8 Å². The highest BCUT2D eigenvalue weighted by molar-refractivity contribution is 6.12. The second kappa shape index (κ2) is 6.04. The number of ketones is 1. The highest BCUT2D eigenvalue weighted by Gasteiger charge is 2.25. The number of rotatable bonds is 2. The first-order valence-corrected chi connectivity index (χ1v) is 7.38. The first-order chi connectivity index (χ1) is 10.3. The van der Waals surface area contributed by atoms with E-state index in [4.69, 9.17) is 4.74 Å².